The molecule has 0 aromatic rings. The number of hydrogen-bond acceptors (Lipinski definition) is 2. The lowest BCUT2D eigenvalue weighted by atomic mass is 9.87. The van der Waals surface area contributed by atoms with Crippen LogP contribution in [0.15, 0.2) is 4.99 Å². The zero-order chi connectivity index (χ0) is 14.6. The summed E-state index contributed by atoms with van der Waals surface area (Å²) in [6, 6.07) is 0. The van der Waals surface area contributed by atoms with Gasteiger partial charge in [-0.15, -0.1) is 0 Å². The van der Waals surface area contributed by atoms with Gasteiger partial charge in [-0.25, -0.2) is 0 Å². The van der Waals surface area contributed by atoms with Crippen LogP contribution in [0.4, 0.5) is 0 Å². The fourth-order valence-corrected chi connectivity index (χ4v) is 3.31. The predicted molar refractivity (Wildman–Crippen MR) is 86.2 cm³/mol. The fraction of sp³-hybridized carbons (Fsp3) is 0.938. The predicted octanol–water partition coefficient (Wildman–Crippen LogP) is 2.03. The van der Waals surface area contributed by atoms with Crippen LogP contribution < -0.4 is 5.32 Å². The summed E-state index contributed by atoms with van der Waals surface area (Å²) in [7, 11) is 2.21. The minimum absolute atomic E-state index is 0.476. The van der Waals surface area contributed by atoms with Crippen molar-refractivity contribution in [3.05, 3.63) is 0 Å². The van der Waals surface area contributed by atoms with E-state index in [1.165, 1.54) is 32.4 Å². The SMILES string of the molecule is CCNC(=NCC1CCN(C)C1)N1CCC(C)(CC)C1. The third kappa shape index (κ3) is 3.87. The van der Waals surface area contributed by atoms with Crippen molar-refractivity contribution in [3.8, 4) is 0 Å². The third-order valence-corrected chi connectivity index (χ3v) is 5.03. The Bertz CT molecular complexity index is 341. The first-order valence-corrected chi connectivity index (χ1v) is 8.28. The van der Waals surface area contributed by atoms with Crippen LogP contribution in [0, 0.1) is 11.3 Å². The molecule has 116 valence electrons. The summed E-state index contributed by atoms with van der Waals surface area (Å²) >= 11 is 0. The first kappa shape index (κ1) is 15.6. The number of guanidine groups is 1. The fourth-order valence-electron chi connectivity index (χ4n) is 3.31. The average molecular weight is 280 g/mol. The van der Waals surface area contributed by atoms with E-state index in [0.717, 1.165) is 38.1 Å². The van der Waals surface area contributed by atoms with E-state index in [0.29, 0.717) is 5.41 Å². The first-order chi connectivity index (χ1) is 9.56. The van der Waals surface area contributed by atoms with Crippen molar-refractivity contribution in [3.63, 3.8) is 0 Å². The standard InChI is InChI=1S/C16H32N4/c1-5-16(3)8-10-20(13-16)15(17-6-2)18-11-14-7-9-19(4)12-14/h14H,5-13H2,1-4H3,(H,17,18). The minimum Gasteiger partial charge on any atom is -0.357 e. The van der Waals surface area contributed by atoms with Gasteiger partial charge < -0.3 is 15.1 Å². The Morgan fingerprint density at radius 2 is 2.15 bits per heavy atom. The molecule has 0 saturated carbocycles. The van der Waals surface area contributed by atoms with E-state index < -0.39 is 0 Å². The van der Waals surface area contributed by atoms with Gasteiger partial charge in [-0.3, -0.25) is 4.99 Å². The molecule has 2 aliphatic rings. The van der Waals surface area contributed by atoms with Crippen LogP contribution in [0.25, 0.3) is 0 Å². The van der Waals surface area contributed by atoms with Gasteiger partial charge >= 0.3 is 0 Å². The Hall–Kier alpha value is -0.770. The molecular weight excluding hydrogens is 248 g/mol. The molecule has 20 heavy (non-hydrogen) atoms. The summed E-state index contributed by atoms with van der Waals surface area (Å²) in [5.41, 5.74) is 0.476. The van der Waals surface area contributed by atoms with Gasteiger partial charge in [0.25, 0.3) is 0 Å². The molecule has 2 unspecified atom stereocenters. The van der Waals surface area contributed by atoms with Gasteiger partial charge in [0.1, 0.15) is 0 Å². The maximum absolute atomic E-state index is 4.92. The normalized spacial score (nSPS) is 32.1. The van der Waals surface area contributed by atoms with E-state index in [-0.39, 0.29) is 0 Å². The highest BCUT2D eigenvalue weighted by atomic mass is 15.3. The van der Waals surface area contributed by atoms with Crippen LogP contribution in [0.5, 0.6) is 0 Å². The van der Waals surface area contributed by atoms with Crippen LogP contribution in [-0.4, -0.2) is 62.1 Å². The molecule has 2 heterocycles. The smallest absolute Gasteiger partial charge is 0.193 e. The van der Waals surface area contributed by atoms with E-state index >= 15 is 0 Å². The summed E-state index contributed by atoms with van der Waals surface area (Å²) in [5, 5.41) is 3.48. The Morgan fingerprint density at radius 1 is 1.35 bits per heavy atom. The second-order valence-corrected chi connectivity index (χ2v) is 6.95. The van der Waals surface area contributed by atoms with Crippen LogP contribution in [0.2, 0.25) is 0 Å². The van der Waals surface area contributed by atoms with Gasteiger partial charge in [0.15, 0.2) is 5.96 Å². The number of likely N-dealkylation sites (tertiary alicyclic amines) is 2. The van der Waals surface area contributed by atoms with Crippen molar-refractivity contribution < 1.29 is 0 Å². The second kappa shape index (κ2) is 6.79. The summed E-state index contributed by atoms with van der Waals surface area (Å²) < 4.78 is 0. The van der Waals surface area contributed by atoms with Gasteiger partial charge in [0.05, 0.1) is 0 Å². The number of nitrogens with one attached hydrogen (secondary N) is 1. The van der Waals surface area contributed by atoms with Crippen LogP contribution in [0.3, 0.4) is 0 Å². The zero-order valence-corrected chi connectivity index (χ0v) is 13.8. The maximum Gasteiger partial charge on any atom is 0.193 e. The van der Waals surface area contributed by atoms with Gasteiger partial charge in [-0.1, -0.05) is 13.8 Å². The molecular formula is C16H32N4. The Morgan fingerprint density at radius 3 is 2.70 bits per heavy atom. The lowest BCUT2D eigenvalue weighted by molar-refractivity contribution is 0.321. The number of aliphatic imine (C=N–C) groups is 1. The summed E-state index contributed by atoms with van der Waals surface area (Å²) in [4.78, 5) is 9.79. The van der Waals surface area contributed by atoms with Crippen molar-refractivity contribution >= 4 is 5.96 Å². The molecule has 2 rings (SSSR count). The zero-order valence-electron chi connectivity index (χ0n) is 13.8. The van der Waals surface area contributed by atoms with Gasteiger partial charge in [0.2, 0.25) is 0 Å². The van der Waals surface area contributed by atoms with Crippen molar-refractivity contribution in [2.24, 2.45) is 16.3 Å². The van der Waals surface area contributed by atoms with E-state index in [2.05, 4.69) is 42.9 Å². The van der Waals surface area contributed by atoms with Gasteiger partial charge in [-0.05, 0) is 51.1 Å². The molecule has 2 atom stereocenters. The summed E-state index contributed by atoms with van der Waals surface area (Å²) in [6.45, 7) is 13.6. The Kier molecular flexibility index (Phi) is 5.30. The molecule has 0 radical (unpaired) electrons. The average Bonchev–Trinajstić information content (AvgIpc) is 3.02. The number of rotatable bonds is 4. The van der Waals surface area contributed by atoms with E-state index in [9.17, 15) is 0 Å². The Balaban J connectivity index is 1.93. The van der Waals surface area contributed by atoms with E-state index in [1.54, 1.807) is 0 Å². The van der Waals surface area contributed by atoms with Crippen LogP contribution in [-0.2, 0) is 0 Å². The van der Waals surface area contributed by atoms with Gasteiger partial charge in [-0.2, -0.15) is 0 Å². The largest absolute Gasteiger partial charge is 0.357 e. The highest BCUT2D eigenvalue weighted by molar-refractivity contribution is 5.80. The lowest BCUT2D eigenvalue weighted by Crippen LogP contribution is -2.41. The molecule has 0 amide bonds. The van der Waals surface area contributed by atoms with Crippen molar-refractivity contribution in [1.82, 2.24) is 15.1 Å². The topological polar surface area (TPSA) is 30.9 Å². The molecule has 2 saturated heterocycles. The number of nitrogens with zero attached hydrogens (tertiary/aromatic N) is 3. The van der Waals surface area contributed by atoms with Crippen LogP contribution >= 0.6 is 0 Å². The van der Waals surface area contributed by atoms with E-state index in [4.69, 9.17) is 4.99 Å². The lowest BCUT2D eigenvalue weighted by Gasteiger charge is -2.25. The highest BCUT2D eigenvalue weighted by Crippen LogP contribution is 2.32. The molecule has 1 N–H and O–H groups in total. The molecule has 0 bridgehead atoms. The van der Waals surface area contributed by atoms with Crippen molar-refractivity contribution in [2.75, 3.05) is 46.3 Å². The van der Waals surface area contributed by atoms with Crippen molar-refractivity contribution in [2.45, 2.75) is 40.0 Å². The maximum atomic E-state index is 4.92. The molecule has 2 aliphatic heterocycles. The monoisotopic (exact) mass is 280 g/mol. The second-order valence-electron chi connectivity index (χ2n) is 6.95. The minimum atomic E-state index is 0.476. The third-order valence-electron chi connectivity index (χ3n) is 5.03. The molecule has 2 fully saturated rings. The van der Waals surface area contributed by atoms with Crippen LogP contribution in [0.1, 0.15) is 40.0 Å². The quantitative estimate of drug-likeness (QED) is 0.631. The summed E-state index contributed by atoms with van der Waals surface area (Å²) in [5.74, 6) is 1.88. The number of hydrogen-bond donors (Lipinski definition) is 1. The molecule has 0 aromatic carbocycles. The van der Waals surface area contributed by atoms with Gasteiger partial charge in [0, 0.05) is 32.7 Å². The van der Waals surface area contributed by atoms with E-state index in [1.807, 2.05) is 0 Å². The Labute approximate surface area is 124 Å². The molecule has 0 aromatic heterocycles. The molecule has 4 heteroatoms. The molecule has 0 aliphatic carbocycles. The first-order valence-electron chi connectivity index (χ1n) is 8.28. The molecule has 0 spiro atoms. The highest BCUT2D eigenvalue weighted by Gasteiger charge is 2.33. The molecule has 4 nitrogen and oxygen atoms in total. The van der Waals surface area contributed by atoms with Crippen molar-refractivity contribution in [1.29, 1.82) is 0 Å². The summed E-state index contributed by atoms with van der Waals surface area (Å²) in [6.07, 6.45) is 3.85.